The molecular formula is C21H23N3O4S. The number of nitrogens with zero attached hydrogens (tertiary/aromatic N) is 2. The van der Waals surface area contributed by atoms with E-state index in [0.29, 0.717) is 36.5 Å². The van der Waals surface area contributed by atoms with Crippen molar-refractivity contribution in [1.82, 2.24) is 4.90 Å². The van der Waals surface area contributed by atoms with Crippen molar-refractivity contribution >= 4 is 28.2 Å². The zero-order valence-corrected chi connectivity index (χ0v) is 17.1. The number of thiophene rings is 1. The standard InChI is InChI=1S/C21H23N3O4S/c1-28-17-5-3-2-4-14(17)6-7-19(26)23-21-16(12-22)15-8-10-24(13-18(15)29-21)20(27)9-11-25/h2-5,25H,6-11,13H2,1H3,(H,23,26). The molecule has 29 heavy (non-hydrogen) atoms. The Morgan fingerprint density at radius 2 is 2.14 bits per heavy atom. The summed E-state index contributed by atoms with van der Waals surface area (Å²) in [6.45, 7) is 0.743. The van der Waals surface area contributed by atoms with Gasteiger partial charge in [-0.25, -0.2) is 0 Å². The number of anilines is 1. The molecule has 0 radical (unpaired) electrons. The molecule has 0 saturated carbocycles. The second kappa shape index (κ2) is 9.54. The van der Waals surface area contributed by atoms with Gasteiger partial charge in [0.25, 0.3) is 0 Å². The van der Waals surface area contributed by atoms with Crippen LogP contribution in [0.25, 0.3) is 0 Å². The summed E-state index contributed by atoms with van der Waals surface area (Å²) in [5.74, 6) is 0.476. The van der Waals surface area contributed by atoms with Crippen LogP contribution in [0.15, 0.2) is 24.3 Å². The molecule has 2 aromatic rings. The van der Waals surface area contributed by atoms with E-state index in [0.717, 1.165) is 21.8 Å². The Balaban J connectivity index is 1.68. The lowest BCUT2D eigenvalue weighted by atomic mass is 10.0. The minimum absolute atomic E-state index is 0.0956. The number of aliphatic hydroxyl groups excluding tert-OH is 1. The number of nitrogens with one attached hydrogen (secondary N) is 1. The van der Waals surface area contributed by atoms with Crippen molar-refractivity contribution in [3.63, 3.8) is 0 Å². The average Bonchev–Trinajstić information content (AvgIpc) is 3.08. The van der Waals surface area contributed by atoms with E-state index in [1.165, 1.54) is 11.3 Å². The van der Waals surface area contributed by atoms with E-state index in [-0.39, 0.29) is 31.3 Å². The Labute approximate surface area is 173 Å². The van der Waals surface area contributed by atoms with Gasteiger partial charge in [0.05, 0.1) is 25.8 Å². The van der Waals surface area contributed by atoms with Crippen LogP contribution in [0, 0.1) is 11.3 Å². The van der Waals surface area contributed by atoms with E-state index in [1.807, 2.05) is 24.3 Å². The number of ether oxygens (including phenoxy) is 1. The number of nitriles is 1. The fourth-order valence-electron chi connectivity index (χ4n) is 3.42. The first-order valence-electron chi connectivity index (χ1n) is 9.42. The monoisotopic (exact) mass is 413 g/mol. The third-order valence-electron chi connectivity index (χ3n) is 4.91. The summed E-state index contributed by atoms with van der Waals surface area (Å²) in [4.78, 5) is 27.1. The third-order valence-corrected chi connectivity index (χ3v) is 6.05. The number of amides is 2. The summed E-state index contributed by atoms with van der Waals surface area (Å²) in [6.07, 6.45) is 1.47. The number of benzene rings is 1. The Hall–Kier alpha value is -2.89. The van der Waals surface area contributed by atoms with E-state index in [1.54, 1.807) is 12.0 Å². The molecule has 0 spiro atoms. The maximum atomic E-state index is 12.5. The molecule has 8 heteroatoms. The Morgan fingerprint density at radius 3 is 2.86 bits per heavy atom. The minimum atomic E-state index is -0.177. The van der Waals surface area contributed by atoms with Crippen LogP contribution in [-0.4, -0.2) is 42.1 Å². The lowest BCUT2D eigenvalue weighted by Crippen LogP contribution is -2.35. The van der Waals surface area contributed by atoms with Crippen molar-refractivity contribution in [3.05, 3.63) is 45.8 Å². The van der Waals surface area contributed by atoms with Crippen LogP contribution in [0.1, 0.15) is 34.4 Å². The number of fused-ring (bicyclic) bond motifs is 1. The molecule has 1 aliphatic heterocycles. The minimum Gasteiger partial charge on any atom is -0.496 e. The first-order chi connectivity index (χ1) is 14.1. The molecular weight excluding hydrogens is 390 g/mol. The van der Waals surface area contributed by atoms with E-state index < -0.39 is 0 Å². The molecule has 0 saturated heterocycles. The second-order valence-electron chi connectivity index (χ2n) is 6.72. The molecule has 1 aliphatic rings. The molecule has 3 rings (SSSR count). The van der Waals surface area contributed by atoms with Gasteiger partial charge in [-0.3, -0.25) is 9.59 Å². The fourth-order valence-corrected chi connectivity index (χ4v) is 4.65. The van der Waals surface area contributed by atoms with Gasteiger partial charge >= 0.3 is 0 Å². The summed E-state index contributed by atoms with van der Waals surface area (Å²) in [7, 11) is 1.60. The van der Waals surface area contributed by atoms with Gasteiger partial charge in [0.15, 0.2) is 0 Å². The van der Waals surface area contributed by atoms with E-state index in [4.69, 9.17) is 9.84 Å². The van der Waals surface area contributed by atoms with E-state index in [2.05, 4.69) is 11.4 Å². The van der Waals surface area contributed by atoms with Crippen LogP contribution in [0.5, 0.6) is 5.75 Å². The summed E-state index contributed by atoms with van der Waals surface area (Å²) in [5.41, 5.74) is 2.35. The molecule has 0 unspecified atom stereocenters. The zero-order valence-electron chi connectivity index (χ0n) is 16.2. The zero-order chi connectivity index (χ0) is 20.8. The molecule has 7 nitrogen and oxygen atoms in total. The van der Waals surface area contributed by atoms with Gasteiger partial charge in [-0.1, -0.05) is 18.2 Å². The molecule has 0 bridgehead atoms. The number of hydrogen-bond acceptors (Lipinski definition) is 6. The molecule has 0 fully saturated rings. The van der Waals surface area contributed by atoms with Crippen LogP contribution < -0.4 is 10.1 Å². The lowest BCUT2D eigenvalue weighted by Gasteiger charge is -2.26. The van der Waals surface area contributed by atoms with Gasteiger partial charge < -0.3 is 20.1 Å². The lowest BCUT2D eigenvalue weighted by molar-refractivity contribution is -0.132. The highest BCUT2D eigenvalue weighted by Crippen LogP contribution is 2.37. The largest absolute Gasteiger partial charge is 0.496 e. The number of carbonyl (C=O) groups excluding carboxylic acids is 2. The summed E-state index contributed by atoms with van der Waals surface area (Å²) >= 11 is 1.35. The predicted octanol–water partition coefficient (Wildman–Crippen LogP) is 2.47. The van der Waals surface area contributed by atoms with Crippen molar-refractivity contribution in [2.24, 2.45) is 0 Å². The molecule has 1 aromatic carbocycles. The van der Waals surface area contributed by atoms with Crippen molar-refractivity contribution in [2.75, 3.05) is 25.6 Å². The third kappa shape index (κ3) is 4.75. The Bertz CT molecular complexity index is 948. The molecule has 2 heterocycles. The smallest absolute Gasteiger partial charge is 0.225 e. The van der Waals surface area contributed by atoms with Gasteiger partial charge in [0.2, 0.25) is 11.8 Å². The number of rotatable bonds is 7. The molecule has 0 atom stereocenters. The Kier molecular flexibility index (Phi) is 6.86. The number of carbonyl (C=O) groups is 2. The highest BCUT2D eigenvalue weighted by atomic mass is 32.1. The van der Waals surface area contributed by atoms with Gasteiger partial charge in [0.1, 0.15) is 16.8 Å². The molecule has 1 aromatic heterocycles. The SMILES string of the molecule is COc1ccccc1CCC(=O)Nc1sc2c(c1C#N)CCN(C(=O)CCO)C2. The van der Waals surface area contributed by atoms with Crippen molar-refractivity contribution in [2.45, 2.75) is 32.2 Å². The van der Waals surface area contributed by atoms with Crippen LogP contribution in [0.4, 0.5) is 5.00 Å². The molecule has 152 valence electrons. The Morgan fingerprint density at radius 1 is 1.34 bits per heavy atom. The molecule has 2 amide bonds. The fraction of sp³-hybridized carbons (Fsp3) is 0.381. The highest BCUT2D eigenvalue weighted by molar-refractivity contribution is 7.16. The normalized spacial score (nSPS) is 12.8. The quantitative estimate of drug-likeness (QED) is 0.726. The predicted molar refractivity (Wildman–Crippen MR) is 110 cm³/mol. The van der Waals surface area contributed by atoms with Gasteiger partial charge in [-0.2, -0.15) is 5.26 Å². The topological polar surface area (TPSA) is 103 Å². The summed E-state index contributed by atoms with van der Waals surface area (Å²) < 4.78 is 5.31. The molecule has 0 aliphatic carbocycles. The summed E-state index contributed by atoms with van der Waals surface area (Å²) in [6, 6.07) is 9.77. The highest BCUT2D eigenvalue weighted by Gasteiger charge is 2.27. The van der Waals surface area contributed by atoms with E-state index >= 15 is 0 Å². The van der Waals surface area contributed by atoms with Crippen LogP contribution in [0.3, 0.4) is 0 Å². The maximum Gasteiger partial charge on any atom is 0.225 e. The summed E-state index contributed by atoms with van der Waals surface area (Å²) in [5, 5.41) is 22.0. The number of aliphatic hydroxyl groups is 1. The second-order valence-corrected chi connectivity index (χ2v) is 7.82. The first kappa shape index (κ1) is 20.8. The van der Waals surface area contributed by atoms with Crippen molar-refractivity contribution in [1.29, 1.82) is 5.26 Å². The van der Waals surface area contributed by atoms with Gasteiger partial charge in [0, 0.05) is 24.3 Å². The van der Waals surface area contributed by atoms with Crippen molar-refractivity contribution in [3.8, 4) is 11.8 Å². The van der Waals surface area contributed by atoms with Crippen molar-refractivity contribution < 1.29 is 19.4 Å². The van der Waals surface area contributed by atoms with Crippen LogP contribution in [-0.2, 0) is 29.0 Å². The maximum absolute atomic E-state index is 12.5. The molecule has 2 N–H and O–H groups in total. The number of para-hydroxylation sites is 1. The van der Waals surface area contributed by atoms with Crippen LogP contribution in [0.2, 0.25) is 0 Å². The van der Waals surface area contributed by atoms with E-state index in [9.17, 15) is 14.9 Å². The first-order valence-corrected chi connectivity index (χ1v) is 10.2. The number of hydrogen-bond donors (Lipinski definition) is 2. The van der Waals surface area contributed by atoms with Gasteiger partial charge in [-0.05, 0) is 30.0 Å². The number of methoxy groups -OCH3 is 1. The average molecular weight is 413 g/mol. The van der Waals surface area contributed by atoms with Crippen LogP contribution >= 0.6 is 11.3 Å². The van der Waals surface area contributed by atoms with Gasteiger partial charge in [-0.15, -0.1) is 11.3 Å². The number of aryl methyl sites for hydroxylation is 1.